The summed E-state index contributed by atoms with van der Waals surface area (Å²) in [5.74, 6) is -0.336. The number of amides is 1. The number of nitrogens with one attached hydrogen (secondary N) is 1. The molecule has 0 aromatic heterocycles. The van der Waals surface area contributed by atoms with Crippen molar-refractivity contribution in [1.29, 1.82) is 0 Å². The molecular weight excluding hydrogens is 255 g/mol. The summed E-state index contributed by atoms with van der Waals surface area (Å²) in [6.45, 7) is 1.51. The second kappa shape index (κ2) is 5.07. The lowest BCUT2D eigenvalue weighted by Gasteiger charge is -2.12. The van der Waals surface area contributed by atoms with E-state index < -0.39 is 11.7 Å². The van der Waals surface area contributed by atoms with Gasteiger partial charge in [-0.3, -0.25) is 4.79 Å². The van der Waals surface area contributed by atoms with Gasteiger partial charge in [0.15, 0.2) is 0 Å². The summed E-state index contributed by atoms with van der Waals surface area (Å²) in [5, 5.41) is 2.72. The third-order valence-electron chi connectivity index (χ3n) is 2.93. The molecule has 0 heterocycles. The summed E-state index contributed by atoms with van der Waals surface area (Å²) < 4.78 is 38.5. The van der Waals surface area contributed by atoms with Gasteiger partial charge in [0.05, 0.1) is 5.56 Å². The minimum atomic E-state index is -4.42. The average Bonchev–Trinajstić information content (AvgIpc) is 3.11. The third kappa shape index (κ3) is 3.59. The molecular formula is C14H14F3NO. The molecule has 1 amide bonds. The van der Waals surface area contributed by atoms with Crippen molar-refractivity contribution in [3.63, 3.8) is 0 Å². The van der Waals surface area contributed by atoms with E-state index in [2.05, 4.69) is 5.32 Å². The Morgan fingerprint density at radius 1 is 1.32 bits per heavy atom. The van der Waals surface area contributed by atoms with E-state index in [9.17, 15) is 18.0 Å². The van der Waals surface area contributed by atoms with Gasteiger partial charge in [-0.1, -0.05) is 18.2 Å². The van der Waals surface area contributed by atoms with Gasteiger partial charge in [-0.25, -0.2) is 0 Å². The highest BCUT2D eigenvalue weighted by Gasteiger charge is 2.33. The summed E-state index contributed by atoms with van der Waals surface area (Å²) in [6.07, 6.45) is -1.31. The number of hydrogen-bond donors (Lipinski definition) is 1. The molecule has 0 unspecified atom stereocenters. The van der Waals surface area contributed by atoms with Crippen LogP contribution in [0.1, 0.15) is 30.9 Å². The lowest BCUT2D eigenvalue weighted by Crippen LogP contribution is -2.23. The van der Waals surface area contributed by atoms with Crippen molar-refractivity contribution in [2.45, 2.75) is 32.0 Å². The van der Waals surface area contributed by atoms with Crippen molar-refractivity contribution in [3.8, 4) is 0 Å². The first-order valence-corrected chi connectivity index (χ1v) is 6.03. The van der Waals surface area contributed by atoms with Gasteiger partial charge in [0, 0.05) is 12.1 Å². The standard InChI is InChI=1S/C14H14F3NO/c1-9(8-13(19)18-10-6-7-10)11-4-2-3-5-12(11)14(15,16)17/h2-5,8,10H,6-7H2,1H3,(H,18,19). The van der Waals surface area contributed by atoms with Crippen LogP contribution in [0, 0.1) is 0 Å². The van der Waals surface area contributed by atoms with Crippen LogP contribution >= 0.6 is 0 Å². The topological polar surface area (TPSA) is 29.1 Å². The largest absolute Gasteiger partial charge is 0.416 e. The van der Waals surface area contributed by atoms with Crippen molar-refractivity contribution < 1.29 is 18.0 Å². The number of carbonyl (C=O) groups is 1. The van der Waals surface area contributed by atoms with E-state index in [0.717, 1.165) is 18.9 Å². The van der Waals surface area contributed by atoms with E-state index in [4.69, 9.17) is 0 Å². The van der Waals surface area contributed by atoms with Crippen LogP contribution in [-0.2, 0) is 11.0 Å². The molecule has 0 bridgehead atoms. The summed E-state index contributed by atoms with van der Waals surface area (Å²) in [4.78, 5) is 11.6. The number of carbonyl (C=O) groups excluding carboxylic acids is 1. The molecule has 1 N–H and O–H groups in total. The SMILES string of the molecule is CC(=CC(=O)NC1CC1)c1ccccc1C(F)(F)F. The highest BCUT2D eigenvalue weighted by Crippen LogP contribution is 2.34. The van der Waals surface area contributed by atoms with Crippen LogP contribution in [0.4, 0.5) is 13.2 Å². The number of benzene rings is 1. The van der Waals surface area contributed by atoms with Crippen molar-refractivity contribution >= 4 is 11.5 Å². The maximum atomic E-state index is 12.8. The monoisotopic (exact) mass is 269 g/mol. The predicted molar refractivity (Wildman–Crippen MR) is 66.3 cm³/mol. The maximum absolute atomic E-state index is 12.8. The van der Waals surface area contributed by atoms with Gasteiger partial charge in [-0.2, -0.15) is 13.2 Å². The minimum absolute atomic E-state index is 0.0425. The zero-order chi connectivity index (χ0) is 14.0. The van der Waals surface area contributed by atoms with E-state index in [1.54, 1.807) is 0 Å². The Labute approximate surface area is 109 Å². The normalized spacial score (nSPS) is 16.3. The van der Waals surface area contributed by atoms with Crippen molar-refractivity contribution in [2.24, 2.45) is 0 Å². The quantitative estimate of drug-likeness (QED) is 0.837. The molecule has 0 atom stereocenters. The molecule has 1 aliphatic rings. The molecule has 0 spiro atoms. The van der Waals surface area contributed by atoms with Crippen LogP contribution in [0.5, 0.6) is 0 Å². The molecule has 1 aromatic rings. The van der Waals surface area contributed by atoms with Crippen LogP contribution in [0.25, 0.3) is 5.57 Å². The molecule has 1 saturated carbocycles. The van der Waals surface area contributed by atoms with Crippen LogP contribution in [-0.4, -0.2) is 11.9 Å². The molecule has 0 saturated heterocycles. The molecule has 5 heteroatoms. The zero-order valence-electron chi connectivity index (χ0n) is 10.4. The van der Waals surface area contributed by atoms with E-state index in [-0.39, 0.29) is 17.5 Å². The Morgan fingerprint density at radius 2 is 1.95 bits per heavy atom. The number of alkyl halides is 3. The highest BCUT2D eigenvalue weighted by molar-refractivity contribution is 5.95. The van der Waals surface area contributed by atoms with Gasteiger partial charge in [-0.05, 0) is 37.0 Å². The average molecular weight is 269 g/mol. The maximum Gasteiger partial charge on any atom is 0.416 e. The Hall–Kier alpha value is -1.78. The smallest absolute Gasteiger partial charge is 0.350 e. The fourth-order valence-corrected chi connectivity index (χ4v) is 1.82. The van der Waals surface area contributed by atoms with E-state index in [0.29, 0.717) is 5.57 Å². The fraction of sp³-hybridized carbons (Fsp3) is 0.357. The van der Waals surface area contributed by atoms with Gasteiger partial charge in [0.2, 0.25) is 5.91 Å². The molecule has 1 aromatic carbocycles. The Morgan fingerprint density at radius 3 is 2.53 bits per heavy atom. The lowest BCUT2D eigenvalue weighted by molar-refractivity contribution is -0.137. The number of allylic oxidation sites excluding steroid dienone is 1. The van der Waals surface area contributed by atoms with Gasteiger partial charge >= 0.3 is 6.18 Å². The molecule has 2 rings (SSSR count). The zero-order valence-corrected chi connectivity index (χ0v) is 10.4. The third-order valence-corrected chi connectivity index (χ3v) is 2.93. The highest BCUT2D eigenvalue weighted by atomic mass is 19.4. The molecule has 19 heavy (non-hydrogen) atoms. The molecule has 2 nitrogen and oxygen atoms in total. The molecule has 0 aliphatic heterocycles. The second-order valence-corrected chi connectivity index (χ2v) is 4.65. The summed E-state index contributed by atoms with van der Waals surface area (Å²) in [5.41, 5.74) is -0.366. The fourth-order valence-electron chi connectivity index (χ4n) is 1.82. The summed E-state index contributed by atoms with van der Waals surface area (Å²) >= 11 is 0. The molecule has 1 aliphatic carbocycles. The number of hydrogen-bond acceptors (Lipinski definition) is 1. The lowest BCUT2D eigenvalue weighted by atomic mass is 10.00. The second-order valence-electron chi connectivity index (χ2n) is 4.65. The Kier molecular flexibility index (Phi) is 3.64. The van der Waals surface area contributed by atoms with Crippen molar-refractivity contribution in [2.75, 3.05) is 0 Å². The Bertz CT molecular complexity index is 516. The first-order valence-electron chi connectivity index (χ1n) is 6.03. The predicted octanol–water partition coefficient (Wildman–Crippen LogP) is 3.39. The number of rotatable bonds is 3. The van der Waals surface area contributed by atoms with Crippen LogP contribution in [0.3, 0.4) is 0 Å². The first kappa shape index (κ1) is 13.6. The van der Waals surface area contributed by atoms with E-state index >= 15 is 0 Å². The summed E-state index contributed by atoms with van der Waals surface area (Å²) in [7, 11) is 0. The van der Waals surface area contributed by atoms with Crippen molar-refractivity contribution in [3.05, 3.63) is 41.5 Å². The van der Waals surface area contributed by atoms with Gasteiger partial charge in [-0.15, -0.1) is 0 Å². The van der Waals surface area contributed by atoms with Gasteiger partial charge in [0.25, 0.3) is 0 Å². The van der Waals surface area contributed by atoms with Crippen LogP contribution < -0.4 is 5.32 Å². The first-order chi connectivity index (χ1) is 8.88. The number of halogens is 3. The van der Waals surface area contributed by atoms with Crippen molar-refractivity contribution in [1.82, 2.24) is 5.32 Å². The molecule has 102 valence electrons. The van der Waals surface area contributed by atoms with Gasteiger partial charge < -0.3 is 5.32 Å². The molecule has 0 radical (unpaired) electrons. The van der Waals surface area contributed by atoms with E-state index in [1.165, 1.54) is 31.2 Å². The molecule has 1 fully saturated rings. The van der Waals surface area contributed by atoms with Gasteiger partial charge in [0.1, 0.15) is 0 Å². The Balaban J connectivity index is 2.24. The summed E-state index contributed by atoms with van der Waals surface area (Å²) in [6, 6.07) is 5.45. The van der Waals surface area contributed by atoms with Crippen LogP contribution in [0.15, 0.2) is 30.3 Å². The van der Waals surface area contributed by atoms with Crippen LogP contribution in [0.2, 0.25) is 0 Å². The van der Waals surface area contributed by atoms with E-state index in [1.807, 2.05) is 0 Å². The minimum Gasteiger partial charge on any atom is -0.350 e.